The Morgan fingerprint density at radius 3 is 2.43 bits per heavy atom. The molecule has 0 heterocycles. The molecule has 0 saturated heterocycles. The van der Waals surface area contributed by atoms with Crippen molar-refractivity contribution in [3.05, 3.63) is 69.5 Å². The van der Waals surface area contributed by atoms with Gasteiger partial charge in [-0.05, 0) is 42.7 Å². The topological polar surface area (TPSA) is 38.0 Å². The van der Waals surface area contributed by atoms with Gasteiger partial charge in [-0.3, -0.25) is 11.3 Å². The maximum Gasteiger partial charge on any atom is 0.141 e. The maximum atomic E-state index is 14.1. The molecule has 3 N–H and O–H groups in total. The van der Waals surface area contributed by atoms with Gasteiger partial charge in [0.1, 0.15) is 17.5 Å². The Hall–Kier alpha value is -1.56. The molecule has 6 heteroatoms. The molecule has 1 unspecified atom stereocenters. The third-order valence-corrected chi connectivity index (χ3v) is 3.58. The highest BCUT2D eigenvalue weighted by Crippen LogP contribution is 2.27. The smallest absolute Gasteiger partial charge is 0.141 e. The Balaban J connectivity index is 2.36. The fourth-order valence-corrected chi connectivity index (χ4v) is 2.35. The highest BCUT2D eigenvalue weighted by Gasteiger charge is 2.21. The first-order valence-corrected chi connectivity index (χ1v) is 6.66. The molecule has 2 aromatic carbocycles. The second-order valence-corrected chi connectivity index (χ2v) is 5.17. The normalized spacial score (nSPS) is 12.5. The van der Waals surface area contributed by atoms with E-state index in [1.807, 2.05) is 0 Å². The minimum Gasteiger partial charge on any atom is -0.271 e. The predicted octanol–water partition coefficient (Wildman–Crippen LogP) is 3.81. The summed E-state index contributed by atoms with van der Waals surface area (Å²) in [6.07, 6.45) is 0.174. The first-order chi connectivity index (χ1) is 9.93. The first-order valence-electron chi connectivity index (χ1n) is 6.28. The molecule has 0 radical (unpaired) electrons. The number of aryl methyl sites for hydroxylation is 1. The van der Waals surface area contributed by atoms with Crippen LogP contribution >= 0.6 is 11.6 Å². The summed E-state index contributed by atoms with van der Waals surface area (Å²) in [6.45, 7) is 1.54. The number of hydrogen-bond acceptors (Lipinski definition) is 2. The van der Waals surface area contributed by atoms with E-state index in [4.69, 9.17) is 17.4 Å². The zero-order chi connectivity index (χ0) is 15.6. The van der Waals surface area contributed by atoms with E-state index in [1.54, 1.807) is 6.92 Å². The van der Waals surface area contributed by atoms with E-state index in [9.17, 15) is 13.2 Å². The summed E-state index contributed by atoms with van der Waals surface area (Å²) >= 11 is 5.70. The van der Waals surface area contributed by atoms with Crippen LogP contribution in [0.5, 0.6) is 0 Å². The molecule has 0 aliphatic carbocycles. The first kappa shape index (κ1) is 15.8. The quantitative estimate of drug-likeness (QED) is 0.665. The zero-order valence-corrected chi connectivity index (χ0v) is 12.0. The van der Waals surface area contributed by atoms with E-state index in [0.29, 0.717) is 11.1 Å². The van der Waals surface area contributed by atoms with Crippen molar-refractivity contribution < 1.29 is 13.2 Å². The summed E-state index contributed by atoms with van der Waals surface area (Å²) in [4.78, 5) is 0. The molecule has 2 rings (SSSR count). The summed E-state index contributed by atoms with van der Waals surface area (Å²) in [5.74, 6) is 3.53. The van der Waals surface area contributed by atoms with Gasteiger partial charge in [0.25, 0.3) is 0 Å². The zero-order valence-electron chi connectivity index (χ0n) is 11.3. The third kappa shape index (κ3) is 3.37. The Labute approximate surface area is 125 Å². The molecule has 0 saturated carbocycles. The standard InChI is InChI=1S/C15H14ClF3N2/c1-8-2-4-12(18)14(15(8)19)13(21-20)7-9-3-5-11(17)10(16)6-9/h2-6,13,21H,7,20H2,1H3. The van der Waals surface area contributed by atoms with Crippen LogP contribution in [0.15, 0.2) is 30.3 Å². The van der Waals surface area contributed by atoms with E-state index in [0.717, 1.165) is 0 Å². The van der Waals surface area contributed by atoms with Crippen LogP contribution in [-0.2, 0) is 6.42 Å². The molecular weight excluding hydrogens is 301 g/mol. The van der Waals surface area contributed by atoms with Gasteiger partial charge in [-0.2, -0.15) is 0 Å². The summed E-state index contributed by atoms with van der Waals surface area (Å²) in [5, 5.41) is -0.0477. The number of rotatable bonds is 4. The number of nitrogens with two attached hydrogens (primary N) is 1. The second kappa shape index (κ2) is 6.47. The average Bonchev–Trinajstić information content (AvgIpc) is 2.46. The lowest BCUT2D eigenvalue weighted by atomic mass is 9.97. The monoisotopic (exact) mass is 314 g/mol. The largest absolute Gasteiger partial charge is 0.271 e. The van der Waals surface area contributed by atoms with E-state index in [2.05, 4.69) is 5.43 Å². The van der Waals surface area contributed by atoms with E-state index in [-0.39, 0.29) is 17.0 Å². The van der Waals surface area contributed by atoms with Gasteiger partial charge in [0.2, 0.25) is 0 Å². The fraction of sp³-hybridized carbons (Fsp3) is 0.200. The van der Waals surface area contributed by atoms with Crippen molar-refractivity contribution in [3.8, 4) is 0 Å². The lowest BCUT2D eigenvalue weighted by Gasteiger charge is -2.19. The summed E-state index contributed by atoms with van der Waals surface area (Å²) in [7, 11) is 0. The van der Waals surface area contributed by atoms with E-state index < -0.39 is 23.5 Å². The number of halogens is 4. The van der Waals surface area contributed by atoms with Gasteiger partial charge in [0.15, 0.2) is 0 Å². The molecule has 21 heavy (non-hydrogen) atoms. The lowest BCUT2D eigenvalue weighted by Crippen LogP contribution is -2.31. The fourth-order valence-electron chi connectivity index (χ4n) is 2.14. The van der Waals surface area contributed by atoms with Gasteiger partial charge < -0.3 is 0 Å². The van der Waals surface area contributed by atoms with Crippen molar-refractivity contribution in [3.63, 3.8) is 0 Å². The molecule has 2 aromatic rings. The van der Waals surface area contributed by atoms with Gasteiger partial charge >= 0.3 is 0 Å². The minimum absolute atomic E-state index is 0.0477. The molecule has 1 atom stereocenters. The summed E-state index contributed by atoms with van der Waals surface area (Å²) in [6, 6.07) is 5.87. The minimum atomic E-state index is -0.786. The maximum absolute atomic E-state index is 14.1. The number of hydrogen-bond donors (Lipinski definition) is 2. The predicted molar refractivity (Wildman–Crippen MR) is 76.3 cm³/mol. The number of nitrogens with one attached hydrogen (secondary N) is 1. The van der Waals surface area contributed by atoms with Gasteiger partial charge in [0, 0.05) is 5.56 Å². The SMILES string of the molecule is Cc1ccc(F)c(C(Cc2ccc(F)c(Cl)c2)NN)c1F. The Morgan fingerprint density at radius 1 is 1.14 bits per heavy atom. The molecule has 112 valence electrons. The molecule has 0 aliphatic heterocycles. The molecular formula is C15H14ClF3N2. The number of benzene rings is 2. The molecule has 0 fully saturated rings. The third-order valence-electron chi connectivity index (χ3n) is 3.29. The van der Waals surface area contributed by atoms with Crippen LogP contribution in [0, 0.1) is 24.4 Å². The molecule has 2 nitrogen and oxygen atoms in total. The van der Waals surface area contributed by atoms with Crippen molar-refractivity contribution >= 4 is 11.6 Å². The highest BCUT2D eigenvalue weighted by molar-refractivity contribution is 6.30. The van der Waals surface area contributed by atoms with Crippen molar-refractivity contribution in [1.29, 1.82) is 0 Å². The van der Waals surface area contributed by atoms with Gasteiger partial charge in [-0.25, -0.2) is 13.2 Å². The van der Waals surface area contributed by atoms with Gasteiger partial charge in [-0.15, -0.1) is 0 Å². The number of hydrazine groups is 1. The molecule has 0 aromatic heterocycles. The van der Waals surface area contributed by atoms with E-state index in [1.165, 1.54) is 30.3 Å². The van der Waals surface area contributed by atoms with Crippen LogP contribution in [0.3, 0.4) is 0 Å². The molecule has 0 bridgehead atoms. The van der Waals surface area contributed by atoms with Crippen LogP contribution in [0.4, 0.5) is 13.2 Å². The Morgan fingerprint density at radius 2 is 1.81 bits per heavy atom. The van der Waals surface area contributed by atoms with Gasteiger partial charge in [-0.1, -0.05) is 23.7 Å². The van der Waals surface area contributed by atoms with Crippen LogP contribution in [0.25, 0.3) is 0 Å². The average molecular weight is 315 g/mol. The van der Waals surface area contributed by atoms with Crippen molar-refractivity contribution in [1.82, 2.24) is 5.43 Å². The summed E-state index contributed by atoms with van der Waals surface area (Å²) < 4.78 is 41.1. The van der Waals surface area contributed by atoms with Crippen molar-refractivity contribution in [2.24, 2.45) is 5.84 Å². The van der Waals surface area contributed by atoms with Crippen LogP contribution < -0.4 is 11.3 Å². The second-order valence-electron chi connectivity index (χ2n) is 4.76. The van der Waals surface area contributed by atoms with Crippen LogP contribution in [0.1, 0.15) is 22.7 Å². The molecule has 0 amide bonds. The molecule has 0 aliphatic rings. The van der Waals surface area contributed by atoms with Crippen LogP contribution in [0.2, 0.25) is 5.02 Å². The van der Waals surface area contributed by atoms with Crippen LogP contribution in [-0.4, -0.2) is 0 Å². The van der Waals surface area contributed by atoms with E-state index >= 15 is 0 Å². The van der Waals surface area contributed by atoms with Crippen molar-refractivity contribution in [2.75, 3.05) is 0 Å². The summed E-state index contributed by atoms with van der Waals surface area (Å²) in [5.41, 5.74) is 3.19. The Bertz CT molecular complexity index is 662. The van der Waals surface area contributed by atoms with Gasteiger partial charge in [0.05, 0.1) is 11.1 Å². The Kier molecular flexibility index (Phi) is 4.88. The van der Waals surface area contributed by atoms with Crippen molar-refractivity contribution in [2.45, 2.75) is 19.4 Å². The molecule has 0 spiro atoms. The highest BCUT2D eigenvalue weighted by atomic mass is 35.5. The lowest BCUT2D eigenvalue weighted by molar-refractivity contribution is 0.470.